The van der Waals surface area contributed by atoms with Crippen LogP contribution in [0.3, 0.4) is 0 Å². The summed E-state index contributed by atoms with van der Waals surface area (Å²) in [7, 11) is 0. The number of nitrogens with one attached hydrogen (secondary N) is 1. The van der Waals surface area contributed by atoms with Crippen LogP contribution in [0.25, 0.3) is 10.4 Å². The van der Waals surface area contributed by atoms with Crippen molar-refractivity contribution in [3.05, 3.63) is 64.5 Å². The number of carbonyl (C=O) groups excluding carboxylic acids is 1. The molecule has 9 nitrogen and oxygen atoms in total. The summed E-state index contributed by atoms with van der Waals surface area (Å²) in [6.45, 7) is 4.77. The van der Waals surface area contributed by atoms with Gasteiger partial charge in [-0.3, -0.25) is 4.79 Å². The standard InChI is InChI=1S/C29H31ClN2O7S/c1-17(2)32(20-8-4-3-5-9-20)28(35)24(18-11-13-31-14-12-18)39-21-10-6-7-19(15-21)26-23(30)25(38-16-22(33)34)27(40-26)29(36)37/h3-10,15,17-18,24,31H,11-14,16H2,1-2H3,(H,33,34)(H,36,37). The van der Waals surface area contributed by atoms with E-state index in [-0.39, 0.29) is 33.5 Å². The number of para-hydroxylation sites is 1. The van der Waals surface area contributed by atoms with Crippen molar-refractivity contribution in [2.45, 2.75) is 38.8 Å². The fourth-order valence-corrected chi connectivity index (χ4v) is 6.15. The highest BCUT2D eigenvalue weighted by Gasteiger charge is 2.36. The Morgan fingerprint density at radius 3 is 2.40 bits per heavy atom. The number of carbonyl (C=O) groups is 3. The SMILES string of the molecule is CC(C)N(C(=O)C(Oc1cccc(-c2sc(C(=O)O)c(OCC(=O)O)c2Cl)c1)C1CCNCC1)c1ccccc1. The number of nitrogens with zero attached hydrogens (tertiary/aromatic N) is 1. The molecule has 40 heavy (non-hydrogen) atoms. The molecule has 1 aliphatic rings. The summed E-state index contributed by atoms with van der Waals surface area (Å²) >= 11 is 7.37. The highest BCUT2D eigenvalue weighted by Crippen LogP contribution is 2.46. The average Bonchev–Trinajstić information content (AvgIpc) is 3.28. The fraction of sp³-hybridized carbons (Fsp3) is 0.345. The molecule has 2 aromatic carbocycles. The normalized spacial score (nSPS) is 14.5. The fourth-order valence-electron chi connectivity index (χ4n) is 4.74. The number of aromatic carboxylic acids is 1. The molecule has 1 saturated heterocycles. The van der Waals surface area contributed by atoms with E-state index in [0.717, 1.165) is 43.0 Å². The maximum absolute atomic E-state index is 14.1. The van der Waals surface area contributed by atoms with E-state index in [0.29, 0.717) is 16.2 Å². The number of hydrogen-bond donors (Lipinski definition) is 3. The molecule has 0 saturated carbocycles. The lowest BCUT2D eigenvalue weighted by Crippen LogP contribution is -2.50. The molecule has 0 radical (unpaired) electrons. The predicted molar refractivity (Wildman–Crippen MR) is 154 cm³/mol. The number of thiophene rings is 1. The Bertz CT molecular complexity index is 1360. The Hall–Kier alpha value is -3.60. The number of carboxylic acid groups (broad SMARTS) is 2. The van der Waals surface area contributed by atoms with Crippen molar-refractivity contribution >= 4 is 46.5 Å². The van der Waals surface area contributed by atoms with Crippen molar-refractivity contribution < 1.29 is 34.1 Å². The van der Waals surface area contributed by atoms with Gasteiger partial charge in [0.15, 0.2) is 23.3 Å². The number of halogens is 1. The number of hydrogen-bond acceptors (Lipinski definition) is 7. The van der Waals surface area contributed by atoms with Crippen LogP contribution in [0.4, 0.5) is 5.69 Å². The Morgan fingerprint density at radius 2 is 1.77 bits per heavy atom. The molecule has 0 spiro atoms. The Kier molecular flexibility index (Phi) is 9.67. The molecule has 0 aliphatic carbocycles. The van der Waals surface area contributed by atoms with Crippen LogP contribution in [-0.4, -0.2) is 59.9 Å². The minimum atomic E-state index is -1.28. The second kappa shape index (κ2) is 13.2. The first kappa shape index (κ1) is 29.4. The van der Waals surface area contributed by atoms with Crippen molar-refractivity contribution in [3.63, 3.8) is 0 Å². The molecule has 1 amide bonds. The molecular formula is C29H31ClN2O7S. The van der Waals surface area contributed by atoms with E-state index >= 15 is 0 Å². The predicted octanol–water partition coefficient (Wildman–Crippen LogP) is 5.42. The molecule has 212 valence electrons. The molecule has 1 unspecified atom stereocenters. The lowest BCUT2D eigenvalue weighted by molar-refractivity contribution is -0.139. The molecule has 1 aliphatic heterocycles. The third-order valence-corrected chi connectivity index (χ3v) is 8.23. The number of carboxylic acids is 2. The molecular weight excluding hydrogens is 556 g/mol. The topological polar surface area (TPSA) is 125 Å². The van der Waals surface area contributed by atoms with E-state index in [2.05, 4.69) is 5.32 Å². The molecule has 2 heterocycles. The highest BCUT2D eigenvalue weighted by atomic mass is 35.5. The maximum atomic E-state index is 14.1. The van der Waals surface area contributed by atoms with Crippen molar-refractivity contribution in [2.75, 3.05) is 24.6 Å². The number of amides is 1. The van der Waals surface area contributed by atoms with Crippen LogP contribution in [0.1, 0.15) is 36.4 Å². The van der Waals surface area contributed by atoms with Crippen molar-refractivity contribution in [1.82, 2.24) is 5.32 Å². The van der Waals surface area contributed by atoms with Crippen LogP contribution in [0.5, 0.6) is 11.5 Å². The maximum Gasteiger partial charge on any atom is 0.349 e. The van der Waals surface area contributed by atoms with Crippen molar-refractivity contribution in [3.8, 4) is 21.9 Å². The lowest BCUT2D eigenvalue weighted by Gasteiger charge is -2.36. The molecule has 3 N–H and O–H groups in total. The molecule has 0 bridgehead atoms. The molecule has 1 fully saturated rings. The summed E-state index contributed by atoms with van der Waals surface area (Å²) in [6.07, 6.45) is 0.808. The van der Waals surface area contributed by atoms with Crippen LogP contribution in [-0.2, 0) is 9.59 Å². The number of rotatable bonds is 11. The minimum Gasteiger partial charge on any atom is -0.480 e. The Balaban J connectivity index is 1.68. The van der Waals surface area contributed by atoms with Gasteiger partial charge in [0.05, 0.1) is 4.88 Å². The summed E-state index contributed by atoms with van der Waals surface area (Å²) in [5, 5.41) is 21.9. The largest absolute Gasteiger partial charge is 0.480 e. The van der Waals surface area contributed by atoms with E-state index in [1.54, 1.807) is 29.2 Å². The van der Waals surface area contributed by atoms with Gasteiger partial charge < -0.3 is 29.9 Å². The third-order valence-electron chi connectivity index (χ3n) is 6.55. The van der Waals surface area contributed by atoms with Crippen molar-refractivity contribution in [1.29, 1.82) is 0 Å². The van der Waals surface area contributed by atoms with E-state index in [9.17, 15) is 19.5 Å². The second-order valence-corrected chi connectivity index (χ2v) is 11.1. The Labute approximate surface area is 241 Å². The van der Waals surface area contributed by atoms with Gasteiger partial charge in [0.25, 0.3) is 5.91 Å². The van der Waals surface area contributed by atoms with Gasteiger partial charge in [-0.05, 0) is 69.6 Å². The summed E-state index contributed by atoms with van der Waals surface area (Å²) in [6, 6.07) is 16.3. The zero-order valence-corrected chi connectivity index (χ0v) is 23.7. The van der Waals surface area contributed by atoms with Gasteiger partial charge >= 0.3 is 11.9 Å². The summed E-state index contributed by atoms with van der Waals surface area (Å²) in [5.41, 5.74) is 1.35. The van der Waals surface area contributed by atoms with Crippen LogP contribution in [0.15, 0.2) is 54.6 Å². The van der Waals surface area contributed by atoms with E-state index in [1.807, 2.05) is 44.2 Å². The van der Waals surface area contributed by atoms with Gasteiger partial charge in [0, 0.05) is 17.6 Å². The van der Waals surface area contributed by atoms with Crippen LogP contribution >= 0.6 is 22.9 Å². The average molecular weight is 587 g/mol. The molecule has 11 heteroatoms. The summed E-state index contributed by atoms with van der Waals surface area (Å²) in [4.78, 5) is 38.8. The number of piperidine rings is 1. The molecule has 1 aromatic heterocycles. The number of anilines is 1. The minimum absolute atomic E-state index is 0.00171. The first-order valence-electron chi connectivity index (χ1n) is 12.9. The summed E-state index contributed by atoms with van der Waals surface area (Å²) < 4.78 is 11.7. The van der Waals surface area contributed by atoms with Gasteiger partial charge in [0.2, 0.25) is 0 Å². The third kappa shape index (κ3) is 6.75. The first-order valence-corrected chi connectivity index (χ1v) is 14.1. The molecule has 1 atom stereocenters. The number of ether oxygens (including phenoxy) is 2. The zero-order valence-electron chi connectivity index (χ0n) is 22.1. The smallest absolute Gasteiger partial charge is 0.349 e. The van der Waals surface area contributed by atoms with Crippen LogP contribution in [0.2, 0.25) is 5.02 Å². The van der Waals surface area contributed by atoms with Gasteiger partial charge in [-0.25, -0.2) is 9.59 Å². The van der Waals surface area contributed by atoms with Gasteiger partial charge in [0.1, 0.15) is 10.8 Å². The summed E-state index contributed by atoms with van der Waals surface area (Å²) in [5.74, 6) is -2.44. The van der Waals surface area contributed by atoms with Gasteiger partial charge in [-0.2, -0.15) is 0 Å². The Morgan fingerprint density at radius 1 is 1.07 bits per heavy atom. The quantitative estimate of drug-likeness (QED) is 0.272. The van der Waals surface area contributed by atoms with Crippen molar-refractivity contribution in [2.24, 2.45) is 5.92 Å². The van der Waals surface area contributed by atoms with Crippen LogP contribution in [0, 0.1) is 5.92 Å². The van der Waals surface area contributed by atoms with E-state index < -0.39 is 24.6 Å². The van der Waals surface area contributed by atoms with Gasteiger partial charge in [-0.15, -0.1) is 11.3 Å². The monoisotopic (exact) mass is 586 g/mol. The highest BCUT2D eigenvalue weighted by molar-refractivity contribution is 7.18. The molecule has 4 rings (SSSR count). The molecule has 3 aromatic rings. The second-order valence-electron chi connectivity index (χ2n) is 9.68. The van der Waals surface area contributed by atoms with E-state index in [1.165, 1.54) is 0 Å². The van der Waals surface area contributed by atoms with Crippen LogP contribution < -0.4 is 19.7 Å². The lowest BCUT2D eigenvalue weighted by atomic mass is 9.90. The zero-order chi connectivity index (χ0) is 28.8. The number of benzene rings is 2. The van der Waals surface area contributed by atoms with E-state index in [4.69, 9.17) is 26.2 Å². The first-order chi connectivity index (χ1) is 19.2. The number of aliphatic carboxylic acids is 1. The van der Waals surface area contributed by atoms with Gasteiger partial charge in [-0.1, -0.05) is 41.9 Å².